The first-order valence-electron chi connectivity index (χ1n) is 7.03. The van der Waals surface area contributed by atoms with Crippen LogP contribution in [0.1, 0.15) is 36.1 Å². The standard InChI is InChI=1S/C16H21N3/c1-12-3-4-14-5-6-16(15(14)9-12)18-13(2)10-19-8-7-17-11-19/h3-4,7-9,11,13,16,18H,5-6,10H2,1-2H3. The van der Waals surface area contributed by atoms with Crippen molar-refractivity contribution in [3.05, 3.63) is 53.6 Å². The molecule has 1 aromatic heterocycles. The minimum atomic E-state index is 0.450. The SMILES string of the molecule is Cc1ccc2c(c1)C(NC(C)Cn1ccnc1)CC2. The second-order valence-electron chi connectivity index (χ2n) is 5.62. The molecule has 0 saturated carbocycles. The number of imidazole rings is 1. The van der Waals surface area contributed by atoms with Crippen LogP contribution in [-0.2, 0) is 13.0 Å². The average Bonchev–Trinajstić information content (AvgIpc) is 3.00. The maximum absolute atomic E-state index is 4.09. The number of aryl methyl sites for hydroxylation is 2. The highest BCUT2D eigenvalue weighted by Crippen LogP contribution is 2.32. The van der Waals surface area contributed by atoms with Gasteiger partial charge in [0.1, 0.15) is 0 Å². The second kappa shape index (κ2) is 5.17. The lowest BCUT2D eigenvalue weighted by atomic mass is 10.0. The highest BCUT2D eigenvalue weighted by atomic mass is 15.1. The van der Waals surface area contributed by atoms with E-state index in [1.54, 1.807) is 0 Å². The van der Waals surface area contributed by atoms with Crippen molar-refractivity contribution in [1.82, 2.24) is 14.9 Å². The lowest BCUT2D eigenvalue weighted by Gasteiger charge is -2.21. The van der Waals surface area contributed by atoms with Crippen molar-refractivity contribution in [1.29, 1.82) is 0 Å². The molecular weight excluding hydrogens is 234 g/mol. The molecule has 3 heteroatoms. The normalized spacial score (nSPS) is 19.4. The molecule has 3 nitrogen and oxygen atoms in total. The van der Waals surface area contributed by atoms with Gasteiger partial charge >= 0.3 is 0 Å². The first kappa shape index (κ1) is 12.4. The summed E-state index contributed by atoms with van der Waals surface area (Å²) in [5.74, 6) is 0. The first-order chi connectivity index (χ1) is 9.22. The zero-order valence-electron chi connectivity index (χ0n) is 11.6. The van der Waals surface area contributed by atoms with Crippen molar-refractivity contribution >= 4 is 0 Å². The van der Waals surface area contributed by atoms with E-state index in [2.05, 4.69) is 46.9 Å². The van der Waals surface area contributed by atoms with Gasteiger partial charge in [-0.3, -0.25) is 0 Å². The van der Waals surface area contributed by atoms with Gasteiger partial charge in [-0.25, -0.2) is 4.98 Å². The molecule has 0 aliphatic heterocycles. The van der Waals surface area contributed by atoms with Gasteiger partial charge in [-0.2, -0.15) is 0 Å². The van der Waals surface area contributed by atoms with Gasteiger partial charge in [0.05, 0.1) is 6.33 Å². The highest BCUT2D eigenvalue weighted by Gasteiger charge is 2.23. The third-order valence-electron chi connectivity index (χ3n) is 3.91. The van der Waals surface area contributed by atoms with Crippen LogP contribution in [0.4, 0.5) is 0 Å². The lowest BCUT2D eigenvalue weighted by Crippen LogP contribution is -2.32. The quantitative estimate of drug-likeness (QED) is 0.910. The van der Waals surface area contributed by atoms with Crippen LogP contribution in [0.3, 0.4) is 0 Å². The average molecular weight is 255 g/mol. The number of rotatable bonds is 4. The lowest BCUT2D eigenvalue weighted by molar-refractivity contribution is 0.412. The molecule has 100 valence electrons. The van der Waals surface area contributed by atoms with E-state index in [1.807, 2.05) is 18.7 Å². The van der Waals surface area contributed by atoms with Crippen molar-refractivity contribution in [3.63, 3.8) is 0 Å². The predicted molar refractivity (Wildman–Crippen MR) is 77.1 cm³/mol. The minimum absolute atomic E-state index is 0.450. The zero-order chi connectivity index (χ0) is 13.2. The molecule has 0 spiro atoms. The summed E-state index contributed by atoms with van der Waals surface area (Å²) >= 11 is 0. The van der Waals surface area contributed by atoms with Gasteiger partial charge in [-0.05, 0) is 37.8 Å². The Hall–Kier alpha value is -1.61. The Labute approximate surface area is 114 Å². The van der Waals surface area contributed by atoms with Gasteiger partial charge in [-0.15, -0.1) is 0 Å². The molecule has 1 aliphatic rings. The third-order valence-corrected chi connectivity index (χ3v) is 3.91. The van der Waals surface area contributed by atoms with E-state index < -0.39 is 0 Å². The van der Waals surface area contributed by atoms with E-state index in [0.717, 1.165) is 6.54 Å². The van der Waals surface area contributed by atoms with Crippen LogP contribution in [0.2, 0.25) is 0 Å². The summed E-state index contributed by atoms with van der Waals surface area (Å²) in [4.78, 5) is 4.09. The van der Waals surface area contributed by atoms with E-state index in [0.29, 0.717) is 12.1 Å². The second-order valence-corrected chi connectivity index (χ2v) is 5.62. The Balaban J connectivity index is 1.67. The van der Waals surface area contributed by atoms with Crippen LogP contribution in [0.5, 0.6) is 0 Å². The van der Waals surface area contributed by atoms with E-state index in [9.17, 15) is 0 Å². The van der Waals surface area contributed by atoms with Crippen molar-refractivity contribution in [2.75, 3.05) is 0 Å². The Morgan fingerprint density at radius 3 is 3.16 bits per heavy atom. The maximum Gasteiger partial charge on any atom is 0.0946 e. The van der Waals surface area contributed by atoms with Crippen LogP contribution in [-0.4, -0.2) is 15.6 Å². The molecule has 0 saturated heterocycles. The van der Waals surface area contributed by atoms with Gasteiger partial charge in [0.2, 0.25) is 0 Å². The summed E-state index contributed by atoms with van der Waals surface area (Å²) in [6.45, 7) is 5.38. The summed E-state index contributed by atoms with van der Waals surface area (Å²) in [6, 6.07) is 7.80. The van der Waals surface area contributed by atoms with Gasteiger partial charge in [0.25, 0.3) is 0 Å². The fraction of sp³-hybridized carbons (Fsp3) is 0.438. The molecule has 0 fully saturated rings. The summed E-state index contributed by atoms with van der Waals surface area (Å²) < 4.78 is 2.13. The largest absolute Gasteiger partial charge is 0.336 e. The molecule has 0 radical (unpaired) electrons. The predicted octanol–water partition coefficient (Wildman–Crippen LogP) is 2.86. The Morgan fingerprint density at radius 2 is 2.37 bits per heavy atom. The van der Waals surface area contributed by atoms with Crippen LogP contribution >= 0.6 is 0 Å². The molecular formula is C16H21N3. The number of fused-ring (bicyclic) bond motifs is 1. The van der Waals surface area contributed by atoms with Crippen LogP contribution in [0.25, 0.3) is 0 Å². The molecule has 1 N–H and O–H groups in total. The van der Waals surface area contributed by atoms with E-state index in [4.69, 9.17) is 0 Å². The molecule has 2 aromatic rings. The minimum Gasteiger partial charge on any atom is -0.336 e. The van der Waals surface area contributed by atoms with Crippen molar-refractivity contribution < 1.29 is 0 Å². The van der Waals surface area contributed by atoms with Crippen molar-refractivity contribution in [3.8, 4) is 0 Å². The molecule has 0 amide bonds. The maximum atomic E-state index is 4.09. The number of benzene rings is 1. The molecule has 2 unspecified atom stereocenters. The first-order valence-corrected chi connectivity index (χ1v) is 7.03. The summed E-state index contributed by atoms with van der Waals surface area (Å²) in [5, 5.41) is 3.75. The molecule has 3 rings (SSSR count). The van der Waals surface area contributed by atoms with Gasteiger partial charge in [0.15, 0.2) is 0 Å². The number of aromatic nitrogens is 2. The van der Waals surface area contributed by atoms with Gasteiger partial charge in [0, 0.05) is 31.0 Å². The molecule has 0 bridgehead atoms. The van der Waals surface area contributed by atoms with Crippen LogP contribution < -0.4 is 5.32 Å². The summed E-state index contributed by atoms with van der Waals surface area (Å²) in [5.41, 5.74) is 4.37. The number of nitrogens with one attached hydrogen (secondary N) is 1. The fourth-order valence-corrected chi connectivity index (χ4v) is 3.00. The topological polar surface area (TPSA) is 29.9 Å². The molecule has 1 aromatic carbocycles. The number of nitrogens with zero attached hydrogens (tertiary/aromatic N) is 2. The van der Waals surface area contributed by atoms with Gasteiger partial charge in [-0.1, -0.05) is 23.8 Å². The Bertz CT molecular complexity index is 545. The van der Waals surface area contributed by atoms with E-state index in [-0.39, 0.29) is 0 Å². The van der Waals surface area contributed by atoms with Crippen LogP contribution in [0, 0.1) is 6.92 Å². The summed E-state index contributed by atoms with van der Waals surface area (Å²) in [7, 11) is 0. The third kappa shape index (κ3) is 2.71. The smallest absolute Gasteiger partial charge is 0.0946 e. The van der Waals surface area contributed by atoms with E-state index >= 15 is 0 Å². The number of hydrogen-bond acceptors (Lipinski definition) is 2. The van der Waals surface area contributed by atoms with E-state index in [1.165, 1.54) is 29.5 Å². The summed E-state index contributed by atoms with van der Waals surface area (Å²) in [6.07, 6.45) is 8.15. The zero-order valence-corrected chi connectivity index (χ0v) is 11.6. The Morgan fingerprint density at radius 1 is 1.47 bits per heavy atom. The van der Waals surface area contributed by atoms with Crippen molar-refractivity contribution in [2.24, 2.45) is 0 Å². The molecule has 2 atom stereocenters. The monoisotopic (exact) mass is 255 g/mol. The number of hydrogen-bond donors (Lipinski definition) is 1. The van der Waals surface area contributed by atoms with Gasteiger partial charge < -0.3 is 9.88 Å². The molecule has 19 heavy (non-hydrogen) atoms. The van der Waals surface area contributed by atoms with Crippen molar-refractivity contribution in [2.45, 2.75) is 45.3 Å². The van der Waals surface area contributed by atoms with Crippen LogP contribution in [0.15, 0.2) is 36.9 Å². The molecule has 1 heterocycles. The Kier molecular flexibility index (Phi) is 3.38. The molecule has 1 aliphatic carbocycles. The highest BCUT2D eigenvalue weighted by molar-refractivity contribution is 5.37. The fourth-order valence-electron chi connectivity index (χ4n) is 3.00.